The first-order valence-corrected chi connectivity index (χ1v) is 6.04. The third kappa shape index (κ3) is 2.35. The minimum Gasteiger partial charge on any atom is -0.477 e. The van der Waals surface area contributed by atoms with E-state index in [-0.39, 0.29) is 5.91 Å². The van der Waals surface area contributed by atoms with E-state index >= 15 is 0 Å². The predicted molar refractivity (Wildman–Crippen MR) is 67.3 cm³/mol. The zero-order chi connectivity index (χ0) is 12.3. The lowest BCUT2D eigenvalue weighted by Gasteiger charge is -2.30. The molecule has 0 aliphatic carbocycles. The van der Waals surface area contributed by atoms with Crippen LogP contribution in [0.25, 0.3) is 0 Å². The van der Waals surface area contributed by atoms with Crippen molar-refractivity contribution < 1.29 is 9.53 Å². The van der Waals surface area contributed by atoms with Crippen LogP contribution in [0.5, 0.6) is 5.75 Å². The summed E-state index contributed by atoms with van der Waals surface area (Å²) in [5.41, 5.74) is 0.955. The number of anilines is 1. The van der Waals surface area contributed by atoms with E-state index in [0.717, 1.165) is 24.5 Å². The van der Waals surface area contributed by atoms with Gasteiger partial charge in [0, 0.05) is 13.1 Å². The highest BCUT2D eigenvalue weighted by molar-refractivity contribution is 5.83. The number of rotatable bonds is 3. The van der Waals surface area contributed by atoms with Crippen LogP contribution in [-0.4, -0.2) is 36.5 Å². The topological polar surface area (TPSA) is 41.6 Å². The summed E-state index contributed by atoms with van der Waals surface area (Å²) in [4.78, 5) is 13.9. The molecule has 1 aromatic carbocycles. The zero-order valence-corrected chi connectivity index (χ0v) is 10.3. The largest absolute Gasteiger partial charge is 0.477 e. The molecule has 4 nitrogen and oxygen atoms in total. The number of nitrogens with zero attached hydrogens (tertiary/aromatic N) is 1. The molecule has 1 heterocycles. The van der Waals surface area contributed by atoms with Crippen LogP contribution in [0.2, 0.25) is 0 Å². The third-order valence-electron chi connectivity index (χ3n) is 2.98. The van der Waals surface area contributed by atoms with E-state index in [1.165, 1.54) is 0 Å². The summed E-state index contributed by atoms with van der Waals surface area (Å²) in [6, 6.07) is 7.68. The number of hydrogen-bond acceptors (Lipinski definition) is 3. The lowest BCUT2D eigenvalue weighted by atomic mass is 10.2. The molecule has 1 amide bonds. The van der Waals surface area contributed by atoms with Crippen molar-refractivity contribution in [2.45, 2.75) is 20.0 Å². The Balaban J connectivity index is 2.09. The molecule has 4 heteroatoms. The van der Waals surface area contributed by atoms with Crippen molar-refractivity contribution in [1.82, 2.24) is 4.90 Å². The molecule has 0 fully saturated rings. The molecule has 1 atom stereocenters. The van der Waals surface area contributed by atoms with Crippen LogP contribution in [0.4, 0.5) is 5.69 Å². The number of likely N-dealkylation sites (N-methyl/N-ethyl adjacent to an activating group) is 1. The third-order valence-corrected chi connectivity index (χ3v) is 2.98. The van der Waals surface area contributed by atoms with Gasteiger partial charge in [0.25, 0.3) is 5.91 Å². The highest BCUT2D eigenvalue weighted by Crippen LogP contribution is 2.28. The average molecular weight is 234 g/mol. The quantitative estimate of drug-likeness (QED) is 0.866. The standard InChI is InChI=1S/C13H18N2O2/c1-3-15(4-2)13(16)12-9-14-10-7-5-6-8-11(10)17-12/h5-8,12,14H,3-4,9H2,1-2H3/t12-/m0/s1. The highest BCUT2D eigenvalue weighted by atomic mass is 16.5. The highest BCUT2D eigenvalue weighted by Gasteiger charge is 2.28. The van der Waals surface area contributed by atoms with Gasteiger partial charge in [0.15, 0.2) is 6.10 Å². The fraction of sp³-hybridized carbons (Fsp3) is 0.462. The van der Waals surface area contributed by atoms with Crippen LogP contribution >= 0.6 is 0 Å². The number of benzene rings is 1. The summed E-state index contributed by atoms with van der Waals surface area (Å²) in [5, 5.41) is 3.22. The normalized spacial score (nSPS) is 17.6. The molecule has 0 radical (unpaired) electrons. The van der Waals surface area contributed by atoms with E-state index in [4.69, 9.17) is 4.74 Å². The monoisotopic (exact) mass is 234 g/mol. The van der Waals surface area contributed by atoms with Crippen LogP contribution in [0.1, 0.15) is 13.8 Å². The molecule has 1 N–H and O–H groups in total. The van der Waals surface area contributed by atoms with E-state index < -0.39 is 6.10 Å². The van der Waals surface area contributed by atoms with E-state index in [1.807, 2.05) is 38.1 Å². The first kappa shape index (κ1) is 11.8. The number of hydrogen-bond donors (Lipinski definition) is 1. The maximum atomic E-state index is 12.1. The average Bonchev–Trinajstić information content (AvgIpc) is 2.39. The van der Waals surface area contributed by atoms with Crippen LogP contribution < -0.4 is 10.1 Å². The van der Waals surface area contributed by atoms with Gasteiger partial charge in [-0.1, -0.05) is 12.1 Å². The Bertz CT molecular complexity index is 402. The summed E-state index contributed by atoms with van der Waals surface area (Å²) in [6.07, 6.45) is -0.412. The Morgan fingerprint density at radius 1 is 1.41 bits per heavy atom. The fourth-order valence-corrected chi connectivity index (χ4v) is 1.99. The Morgan fingerprint density at radius 3 is 2.82 bits per heavy atom. The molecule has 92 valence electrons. The fourth-order valence-electron chi connectivity index (χ4n) is 1.99. The van der Waals surface area contributed by atoms with Crippen molar-refractivity contribution in [3.05, 3.63) is 24.3 Å². The van der Waals surface area contributed by atoms with Gasteiger partial charge in [-0.2, -0.15) is 0 Å². The summed E-state index contributed by atoms with van der Waals surface area (Å²) in [7, 11) is 0. The van der Waals surface area contributed by atoms with Crippen LogP contribution in [-0.2, 0) is 4.79 Å². The number of para-hydroxylation sites is 2. The van der Waals surface area contributed by atoms with Crippen LogP contribution in [0.15, 0.2) is 24.3 Å². The molecule has 0 aromatic heterocycles. The molecule has 1 aliphatic rings. The first-order valence-electron chi connectivity index (χ1n) is 6.04. The smallest absolute Gasteiger partial charge is 0.265 e. The lowest BCUT2D eigenvalue weighted by Crippen LogP contribution is -2.46. The number of nitrogens with one attached hydrogen (secondary N) is 1. The van der Waals surface area contributed by atoms with Crippen molar-refractivity contribution in [2.75, 3.05) is 25.0 Å². The molecule has 1 aliphatic heterocycles. The van der Waals surface area contributed by atoms with E-state index in [0.29, 0.717) is 6.54 Å². The van der Waals surface area contributed by atoms with Gasteiger partial charge in [-0.05, 0) is 26.0 Å². The Morgan fingerprint density at radius 2 is 2.12 bits per heavy atom. The van der Waals surface area contributed by atoms with Crippen molar-refractivity contribution in [3.63, 3.8) is 0 Å². The van der Waals surface area contributed by atoms with Crippen LogP contribution in [0, 0.1) is 0 Å². The zero-order valence-electron chi connectivity index (χ0n) is 10.3. The maximum Gasteiger partial charge on any atom is 0.265 e. The molecule has 1 aromatic rings. The summed E-state index contributed by atoms with van der Waals surface area (Å²) in [5.74, 6) is 0.807. The summed E-state index contributed by atoms with van der Waals surface area (Å²) in [6.45, 7) is 5.93. The number of fused-ring (bicyclic) bond motifs is 1. The van der Waals surface area contributed by atoms with Gasteiger partial charge in [0.05, 0.1) is 12.2 Å². The molecular formula is C13H18N2O2. The second-order valence-corrected chi connectivity index (χ2v) is 3.99. The van der Waals surface area contributed by atoms with Gasteiger partial charge in [0.1, 0.15) is 5.75 Å². The van der Waals surface area contributed by atoms with Gasteiger partial charge < -0.3 is 15.0 Å². The van der Waals surface area contributed by atoms with E-state index in [9.17, 15) is 4.79 Å². The van der Waals surface area contributed by atoms with Crippen molar-refractivity contribution in [2.24, 2.45) is 0 Å². The summed E-state index contributed by atoms with van der Waals surface area (Å²) < 4.78 is 5.72. The second-order valence-electron chi connectivity index (χ2n) is 3.99. The SMILES string of the molecule is CCN(CC)C(=O)[C@@H]1CNc2ccccc2O1. The minimum atomic E-state index is -0.412. The number of carbonyl (C=O) groups excluding carboxylic acids is 1. The van der Waals surface area contributed by atoms with Gasteiger partial charge in [0.2, 0.25) is 0 Å². The summed E-state index contributed by atoms with van der Waals surface area (Å²) >= 11 is 0. The molecule has 0 bridgehead atoms. The molecule has 17 heavy (non-hydrogen) atoms. The first-order chi connectivity index (χ1) is 8.26. The van der Waals surface area contributed by atoms with Crippen LogP contribution in [0.3, 0.4) is 0 Å². The molecule has 0 saturated heterocycles. The molecule has 2 rings (SSSR count). The molecular weight excluding hydrogens is 216 g/mol. The second kappa shape index (κ2) is 5.08. The van der Waals surface area contributed by atoms with Gasteiger partial charge >= 0.3 is 0 Å². The maximum absolute atomic E-state index is 12.1. The minimum absolute atomic E-state index is 0.0528. The molecule has 0 unspecified atom stereocenters. The molecule has 0 saturated carbocycles. The number of amides is 1. The Hall–Kier alpha value is -1.71. The van der Waals surface area contributed by atoms with Gasteiger partial charge in [-0.25, -0.2) is 0 Å². The predicted octanol–water partition coefficient (Wildman–Crippen LogP) is 1.73. The van der Waals surface area contributed by atoms with Gasteiger partial charge in [-0.15, -0.1) is 0 Å². The Kier molecular flexibility index (Phi) is 3.52. The Labute approximate surface area is 102 Å². The van der Waals surface area contributed by atoms with Gasteiger partial charge in [-0.3, -0.25) is 4.79 Å². The number of ether oxygens (including phenoxy) is 1. The van der Waals surface area contributed by atoms with Crippen molar-refractivity contribution in [1.29, 1.82) is 0 Å². The van der Waals surface area contributed by atoms with E-state index in [2.05, 4.69) is 5.32 Å². The van der Waals surface area contributed by atoms with E-state index in [1.54, 1.807) is 4.90 Å². The van der Waals surface area contributed by atoms with Crippen molar-refractivity contribution >= 4 is 11.6 Å². The molecule has 0 spiro atoms. The lowest BCUT2D eigenvalue weighted by molar-refractivity contribution is -0.137. The van der Waals surface area contributed by atoms with Crippen molar-refractivity contribution in [3.8, 4) is 5.75 Å². The number of carbonyl (C=O) groups is 1.